The summed E-state index contributed by atoms with van der Waals surface area (Å²) in [5.41, 5.74) is 1.54. The van der Waals surface area contributed by atoms with E-state index in [1.54, 1.807) is 47.9 Å². The molecule has 0 amide bonds. The largest absolute Gasteiger partial charge is 0.494 e. The summed E-state index contributed by atoms with van der Waals surface area (Å²) in [6.07, 6.45) is 1.55. The molecule has 3 heterocycles. The number of sulfone groups is 1. The molecule has 0 aliphatic heterocycles. The average Bonchev–Trinajstić information content (AvgIpc) is 3.34. The van der Waals surface area contributed by atoms with Gasteiger partial charge >= 0.3 is 6.08 Å². The number of methoxy groups -OCH3 is 3. The molecule has 0 radical (unpaired) electrons. The molecule has 198 valence electrons. The molecule has 0 atom stereocenters. The van der Waals surface area contributed by atoms with Crippen LogP contribution in [0.2, 0.25) is 0 Å². The molecule has 38 heavy (non-hydrogen) atoms. The minimum Gasteiger partial charge on any atom is -0.494 e. The average molecular weight is 541 g/mol. The van der Waals surface area contributed by atoms with Crippen molar-refractivity contribution in [1.29, 1.82) is 0 Å². The third kappa shape index (κ3) is 5.18. The lowest BCUT2D eigenvalue weighted by atomic mass is 10.1. The van der Waals surface area contributed by atoms with Crippen LogP contribution in [0, 0.1) is 6.08 Å². The first kappa shape index (κ1) is 26.7. The lowest BCUT2D eigenvalue weighted by molar-refractivity contribution is 0.390. The zero-order chi connectivity index (χ0) is 27.4. The highest BCUT2D eigenvalue weighted by Crippen LogP contribution is 2.37. The second kappa shape index (κ2) is 10.9. The molecule has 0 saturated carbocycles. The topological polar surface area (TPSA) is 131 Å². The Hall–Kier alpha value is -4.39. The van der Waals surface area contributed by atoms with Crippen molar-refractivity contribution in [2.24, 2.45) is 0 Å². The first-order valence-electron chi connectivity index (χ1n) is 11.3. The van der Waals surface area contributed by atoms with Gasteiger partial charge in [0.1, 0.15) is 28.6 Å². The van der Waals surface area contributed by atoms with Gasteiger partial charge in [-0.15, -0.1) is 10.2 Å². The number of hydrogen-bond acceptors (Lipinski definition) is 10. The van der Waals surface area contributed by atoms with Gasteiger partial charge in [-0.3, -0.25) is 4.57 Å². The van der Waals surface area contributed by atoms with E-state index in [4.69, 9.17) is 14.2 Å². The molecule has 0 aliphatic carbocycles. The number of aromatic nitrogens is 6. The van der Waals surface area contributed by atoms with Crippen LogP contribution in [0.4, 0.5) is 4.39 Å². The molecular formula is C25H25FN6O5S. The molecule has 0 bridgehead atoms. The van der Waals surface area contributed by atoms with Gasteiger partial charge in [0.05, 0.1) is 21.3 Å². The quantitative estimate of drug-likeness (QED) is 0.290. The number of nitrogens with zero attached hydrogens (tertiary/aromatic N) is 6. The molecule has 0 aliphatic rings. The molecule has 4 rings (SSSR count). The summed E-state index contributed by atoms with van der Waals surface area (Å²) < 4.78 is 58.3. The van der Waals surface area contributed by atoms with Crippen LogP contribution in [0.3, 0.4) is 0 Å². The Labute approximate surface area is 218 Å². The summed E-state index contributed by atoms with van der Waals surface area (Å²) in [5, 5.41) is 8.52. The van der Waals surface area contributed by atoms with Crippen LogP contribution in [0.1, 0.15) is 25.2 Å². The minimum atomic E-state index is -3.94. The van der Waals surface area contributed by atoms with E-state index in [-0.39, 0.29) is 16.6 Å². The lowest BCUT2D eigenvalue weighted by Gasteiger charge is -2.17. The number of rotatable bonds is 9. The maximum atomic E-state index is 13.6. The number of halogens is 1. The summed E-state index contributed by atoms with van der Waals surface area (Å²) in [6, 6.07) is 10.3. The monoisotopic (exact) mass is 540 g/mol. The van der Waals surface area contributed by atoms with E-state index in [2.05, 4.69) is 25.1 Å². The summed E-state index contributed by atoms with van der Waals surface area (Å²) >= 11 is 0. The number of pyridine rings is 1. The third-order valence-electron chi connectivity index (χ3n) is 5.88. The molecule has 0 spiro atoms. The standard InChI is InChI=1S/C25H25FN6O5S/c1-15(17-12-27-25(26)28-13-17)16(2)38(33,34)14-21-30-31-24(18-8-6-11-22(29-18)37-5)32(21)23-19(35-3)9-7-10-20(23)36-4/h6-13H,14H2,1-5H3/b16-15+. The Balaban J connectivity index is 1.90. The van der Waals surface area contributed by atoms with Crippen molar-refractivity contribution in [2.45, 2.75) is 19.6 Å². The second-order valence-corrected chi connectivity index (χ2v) is 10.2. The second-order valence-electron chi connectivity index (χ2n) is 8.03. The van der Waals surface area contributed by atoms with Crippen molar-refractivity contribution >= 4 is 15.4 Å². The van der Waals surface area contributed by atoms with E-state index in [9.17, 15) is 12.8 Å². The number of ether oxygens (including phenoxy) is 3. The fraction of sp³-hybridized carbons (Fsp3) is 0.240. The van der Waals surface area contributed by atoms with Gasteiger partial charge in [-0.1, -0.05) is 12.1 Å². The van der Waals surface area contributed by atoms with Gasteiger partial charge in [0.2, 0.25) is 5.88 Å². The van der Waals surface area contributed by atoms with Crippen LogP contribution in [0.15, 0.2) is 53.7 Å². The van der Waals surface area contributed by atoms with E-state index >= 15 is 0 Å². The van der Waals surface area contributed by atoms with Crippen LogP contribution in [0.25, 0.3) is 22.8 Å². The van der Waals surface area contributed by atoms with Crippen LogP contribution >= 0.6 is 0 Å². The highest BCUT2D eigenvalue weighted by atomic mass is 32.2. The number of allylic oxidation sites excluding steroid dienone is 2. The van der Waals surface area contributed by atoms with E-state index in [0.717, 1.165) is 0 Å². The zero-order valence-corrected chi connectivity index (χ0v) is 22.2. The molecule has 0 fully saturated rings. The molecule has 3 aromatic heterocycles. The summed E-state index contributed by atoms with van der Waals surface area (Å²) in [5.74, 6) is 0.972. The molecule has 0 unspecified atom stereocenters. The Morgan fingerprint density at radius 1 is 0.921 bits per heavy atom. The van der Waals surface area contributed by atoms with E-state index in [1.807, 2.05) is 0 Å². The first-order valence-corrected chi connectivity index (χ1v) is 12.9. The van der Waals surface area contributed by atoms with Gasteiger partial charge < -0.3 is 14.2 Å². The molecule has 0 saturated heterocycles. The predicted octanol–water partition coefficient (Wildman–Crippen LogP) is 3.65. The molecule has 4 aromatic rings. The number of para-hydroxylation sites is 1. The minimum absolute atomic E-state index is 0.0512. The summed E-state index contributed by atoms with van der Waals surface area (Å²) in [6.45, 7) is 3.06. The van der Waals surface area contributed by atoms with Crippen LogP contribution in [-0.4, -0.2) is 59.5 Å². The van der Waals surface area contributed by atoms with Gasteiger partial charge in [0.25, 0.3) is 0 Å². The Bertz CT molecular complexity index is 1580. The lowest BCUT2D eigenvalue weighted by Crippen LogP contribution is -2.14. The van der Waals surface area contributed by atoms with Crippen molar-refractivity contribution in [2.75, 3.05) is 21.3 Å². The van der Waals surface area contributed by atoms with Gasteiger partial charge in [-0.25, -0.2) is 23.4 Å². The maximum absolute atomic E-state index is 13.6. The van der Waals surface area contributed by atoms with Crippen LogP contribution < -0.4 is 14.2 Å². The fourth-order valence-corrected chi connectivity index (χ4v) is 5.06. The van der Waals surface area contributed by atoms with Crippen molar-refractivity contribution in [3.63, 3.8) is 0 Å². The van der Waals surface area contributed by atoms with E-state index in [0.29, 0.717) is 39.9 Å². The van der Waals surface area contributed by atoms with Gasteiger partial charge in [0, 0.05) is 28.9 Å². The van der Waals surface area contributed by atoms with Crippen molar-refractivity contribution in [1.82, 2.24) is 29.7 Å². The number of benzene rings is 1. The van der Waals surface area contributed by atoms with Gasteiger partial charge in [-0.05, 0) is 37.6 Å². The maximum Gasteiger partial charge on any atom is 0.308 e. The van der Waals surface area contributed by atoms with Crippen LogP contribution in [-0.2, 0) is 15.6 Å². The molecule has 0 N–H and O–H groups in total. The van der Waals surface area contributed by atoms with Crippen molar-refractivity contribution < 1.29 is 27.0 Å². The van der Waals surface area contributed by atoms with Gasteiger partial charge in [0.15, 0.2) is 21.5 Å². The Morgan fingerprint density at radius 3 is 2.16 bits per heavy atom. The Morgan fingerprint density at radius 2 is 1.55 bits per heavy atom. The number of hydrogen-bond donors (Lipinski definition) is 0. The fourth-order valence-electron chi connectivity index (χ4n) is 3.74. The van der Waals surface area contributed by atoms with Crippen molar-refractivity contribution in [3.8, 4) is 34.6 Å². The molecule has 13 heteroatoms. The highest BCUT2D eigenvalue weighted by molar-refractivity contribution is 7.94. The zero-order valence-electron chi connectivity index (χ0n) is 21.3. The Kier molecular flexibility index (Phi) is 7.67. The summed E-state index contributed by atoms with van der Waals surface area (Å²) in [4.78, 5) is 11.5. The van der Waals surface area contributed by atoms with Crippen molar-refractivity contribution in [3.05, 3.63) is 71.2 Å². The first-order chi connectivity index (χ1) is 18.2. The van der Waals surface area contributed by atoms with E-state index < -0.39 is 21.7 Å². The summed E-state index contributed by atoms with van der Waals surface area (Å²) in [7, 11) is 0.525. The smallest absolute Gasteiger partial charge is 0.308 e. The highest BCUT2D eigenvalue weighted by Gasteiger charge is 2.28. The third-order valence-corrected chi connectivity index (χ3v) is 7.76. The predicted molar refractivity (Wildman–Crippen MR) is 137 cm³/mol. The van der Waals surface area contributed by atoms with E-state index in [1.165, 1.54) is 40.6 Å². The normalized spacial score (nSPS) is 12.2. The van der Waals surface area contributed by atoms with Crippen LogP contribution in [0.5, 0.6) is 17.4 Å². The SMILES string of the molecule is COc1cccc(-c2nnc(CS(=O)(=O)/C(C)=C(\C)c3cnc(F)nc3)n2-c2c(OC)cccc2OC)n1. The van der Waals surface area contributed by atoms with Gasteiger partial charge in [-0.2, -0.15) is 4.39 Å². The molecule has 1 aromatic carbocycles. The molecular weight excluding hydrogens is 515 g/mol. The molecule has 11 nitrogen and oxygen atoms in total.